The number of amides is 2. The molecule has 1 fully saturated rings. The van der Waals surface area contributed by atoms with Crippen molar-refractivity contribution in [2.24, 2.45) is 5.92 Å². The zero-order valence-corrected chi connectivity index (χ0v) is 17.2. The summed E-state index contributed by atoms with van der Waals surface area (Å²) in [7, 11) is 0. The van der Waals surface area contributed by atoms with E-state index >= 15 is 0 Å². The normalized spacial score (nSPS) is 17.8. The Morgan fingerprint density at radius 3 is 2.33 bits per heavy atom. The maximum atomic E-state index is 13.6. The summed E-state index contributed by atoms with van der Waals surface area (Å²) in [6, 6.07) is 12.8. The second-order valence-electron chi connectivity index (χ2n) is 7.75. The molecule has 2 aliphatic heterocycles. The molecule has 0 unspecified atom stereocenters. The van der Waals surface area contributed by atoms with Gasteiger partial charge < -0.3 is 9.64 Å². The first-order chi connectivity index (χ1) is 14.5. The molecule has 2 aromatic carbocycles. The van der Waals surface area contributed by atoms with Crippen molar-refractivity contribution in [1.82, 2.24) is 4.90 Å². The zero-order valence-electron chi connectivity index (χ0n) is 17.2. The highest BCUT2D eigenvalue weighted by atomic mass is 19.1. The molecule has 6 heteroatoms. The van der Waals surface area contributed by atoms with Crippen LogP contribution in [0.1, 0.15) is 32.3 Å². The predicted molar refractivity (Wildman–Crippen MR) is 113 cm³/mol. The van der Waals surface area contributed by atoms with Crippen molar-refractivity contribution in [1.29, 1.82) is 0 Å². The number of hydrogen-bond acceptors (Lipinski definition) is 4. The van der Waals surface area contributed by atoms with Gasteiger partial charge in [-0.25, -0.2) is 9.29 Å². The van der Waals surface area contributed by atoms with E-state index in [0.29, 0.717) is 53.9 Å². The number of likely N-dealkylation sites (tertiary alicyclic amines) is 1. The molecule has 0 bridgehead atoms. The SMILES string of the molecule is CCOc1ccccc1N1C(=O)C(c2ccc(F)cc2)=C(N2CCC(C)CC2)C1=O. The Bertz CT molecular complexity index is 992. The van der Waals surface area contributed by atoms with Crippen LogP contribution in [0.5, 0.6) is 5.75 Å². The lowest BCUT2D eigenvalue weighted by atomic mass is 9.97. The lowest BCUT2D eigenvalue weighted by molar-refractivity contribution is -0.120. The predicted octanol–water partition coefficient (Wildman–Crippen LogP) is 4.24. The van der Waals surface area contributed by atoms with E-state index in [1.54, 1.807) is 36.4 Å². The van der Waals surface area contributed by atoms with Crippen LogP contribution in [0.25, 0.3) is 5.57 Å². The minimum Gasteiger partial charge on any atom is -0.492 e. The monoisotopic (exact) mass is 408 g/mol. The van der Waals surface area contributed by atoms with Gasteiger partial charge in [0, 0.05) is 13.1 Å². The van der Waals surface area contributed by atoms with Gasteiger partial charge >= 0.3 is 0 Å². The maximum absolute atomic E-state index is 13.6. The topological polar surface area (TPSA) is 49.9 Å². The van der Waals surface area contributed by atoms with E-state index in [4.69, 9.17) is 4.74 Å². The van der Waals surface area contributed by atoms with E-state index in [0.717, 1.165) is 12.8 Å². The fraction of sp³-hybridized carbons (Fsp3) is 0.333. The van der Waals surface area contributed by atoms with Gasteiger partial charge in [0.25, 0.3) is 11.8 Å². The number of carbonyl (C=O) groups excluding carboxylic acids is 2. The zero-order chi connectivity index (χ0) is 21.3. The Morgan fingerprint density at radius 2 is 1.67 bits per heavy atom. The van der Waals surface area contributed by atoms with Gasteiger partial charge in [-0.1, -0.05) is 31.2 Å². The van der Waals surface area contributed by atoms with Gasteiger partial charge in [-0.3, -0.25) is 9.59 Å². The van der Waals surface area contributed by atoms with Crippen LogP contribution in [0.4, 0.5) is 10.1 Å². The van der Waals surface area contributed by atoms with Crippen LogP contribution in [0, 0.1) is 11.7 Å². The van der Waals surface area contributed by atoms with E-state index < -0.39 is 5.91 Å². The van der Waals surface area contributed by atoms with Crippen molar-refractivity contribution in [2.75, 3.05) is 24.6 Å². The lowest BCUT2D eigenvalue weighted by Crippen LogP contribution is -2.38. The van der Waals surface area contributed by atoms with Gasteiger partial charge in [0.15, 0.2) is 0 Å². The molecule has 2 heterocycles. The Hall–Kier alpha value is -3.15. The summed E-state index contributed by atoms with van der Waals surface area (Å²) in [5.41, 5.74) is 1.68. The molecule has 2 amide bonds. The summed E-state index contributed by atoms with van der Waals surface area (Å²) >= 11 is 0. The first-order valence-electron chi connectivity index (χ1n) is 10.4. The largest absolute Gasteiger partial charge is 0.492 e. The number of carbonyl (C=O) groups is 2. The van der Waals surface area contributed by atoms with Crippen molar-refractivity contribution in [2.45, 2.75) is 26.7 Å². The summed E-state index contributed by atoms with van der Waals surface area (Å²) in [4.78, 5) is 30.3. The van der Waals surface area contributed by atoms with E-state index in [-0.39, 0.29) is 11.7 Å². The minimum atomic E-state index is -0.410. The third-order valence-electron chi connectivity index (χ3n) is 5.70. The molecule has 156 valence electrons. The van der Waals surface area contributed by atoms with Gasteiger partial charge in [-0.15, -0.1) is 0 Å². The third-order valence-corrected chi connectivity index (χ3v) is 5.70. The molecule has 0 N–H and O–H groups in total. The molecule has 0 radical (unpaired) electrons. The second kappa shape index (κ2) is 8.30. The van der Waals surface area contributed by atoms with Crippen LogP contribution in [-0.2, 0) is 9.59 Å². The molecule has 1 saturated heterocycles. The molecule has 0 aliphatic carbocycles. The Morgan fingerprint density at radius 1 is 1.00 bits per heavy atom. The van der Waals surface area contributed by atoms with E-state index in [1.807, 2.05) is 11.8 Å². The fourth-order valence-corrected chi connectivity index (χ4v) is 4.06. The Kier molecular flexibility index (Phi) is 5.57. The maximum Gasteiger partial charge on any atom is 0.282 e. The van der Waals surface area contributed by atoms with Crippen LogP contribution in [-0.4, -0.2) is 36.4 Å². The Balaban J connectivity index is 1.81. The number of halogens is 1. The van der Waals surface area contributed by atoms with Crippen molar-refractivity contribution in [3.63, 3.8) is 0 Å². The molecular formula is C24H25FN2O3. The molecule has 2 aliphatic rings. The molecule has 0 aromatic heterocycles. The smallest absolute Gasteiger partial charge is 0.282 e. The first kappa shape index (κ1) is 20.1. The molecule has 5 nitrogen and oxygen atoms in total. The van der Waals surface area contributed by atoms with Gasteiger partial charge in [-0.2, -0.15) is 0 Å². The van der Waals surface area contributed by atoms with E-state index in [1.165, 1.54) is 17.0 Å². The number of benzene rings is 2. The number of rotatable bonds is 5. The molecule has 30 heavy (non-hydrogen) atoms. The summed E-state index contributed by atoms with van der Waals surface area (Å²) in [5.74, 6) is -0.0942. The summed E-state index contributed by atoms with van der Waals surface area (Å²) in [6.07, 6.45) is 1.91. The number of ether oxygens (including phenoxy) is 1. The molecule has 0 spiro atoms. The van der Waals surface area contributed by atoms with Gasteiger partial charge in [0.05, 0.1) is 17.9 Å². The van der Waals surface area contributed by atoms with Crippen LogP contribution >= 0.6 is 0 Å². The van der Waals surface area contributed by atoms with E-state index in [9.17, 15) is 14.0 Å². The Labute approximate surface area is 175 Å². The average molecular weight is 408 g/mol. The van der Waals surface area contributed by atoms with Gasteiger partial charge in [0.2, 0.25) is 0 Å². The molecule has 0 atom stereocenters. The molecule has 2 aromatic rings. The van der Waals surface area contributed by atoms with Crippen molar-refractivity contribution in [3.8, 4) is 5.75 Å². The minimum absolute atomic E-state index is 0.320. The number of anilines is 1. The van der Waals surface area contributed by atoms with E-state index in [2.05, 4.69) is 6.92 Å². The highest BCUT2D eigenvalue weighted by Gasteiger charge is 2.43. The first-order valence-corrected chi connectivity index (χ1v) is 10.4. The summed E-state index contributed by atoms with van der Waals surface area (Å²) in [5, 5.41) is 0. The van der Waals surface area contributed by atoms with Crippen molar-refractivity contribution >= 4 is 23.1 Å². The van der Waals surface area contributed by atoms with Crippen molar-refractivity contribution in [3.05, 3.63) is 65.6 Å². The molecule has 0 saturated carbocycles. The number of nitrogens with zero attached hydrogens (tertiary/aromatic N) is 2. The average Bonchev–Trinajstić information content (AvgIpc) is 3.00. The quantitative estimate of drug-likeness (QED) is 0.695. The number of para-hydroxylation sites is 2. The third kappa shape index (κ3) is 3.58. The standard InChI is InChI=1S/C24H25FN2O3/c1-3-30-20-7-5-4-6-19(20)27-23(28)21(17-8-10-18(25)11-9-17)22(24(27)29)26-14-12-16(2)13-15-26/h4-11,16H,3,12-15H2,1-2H3. The highest BCUT2D eigenvalue weighted by Crippen LogP contribution is 2.39. The van der Waals surface area contributed by atoms with Gasteiger partial charge in [-0.05, 0) is 55.5 Å². The number of hydrogen-bond donors (Lipinski definition) is 0. The highest BCUT2D eigenvalue weighted by molar-refractivity contribution is 6.45. The number of imide groups is 1. The van der Waals surface area contributed by atoms with Crippen LogP contribution in [0.3, 0.4) is 0 Å². The van der Waals surface area contributed by atoms with Crippen LogP contribution in [0.15, 0.2) is 54.2 Å². The van der Waals surface area contributed by atoms with Crippen LogP contribution in [0.2, 0.25) is 0 Å². The number of piperidine rings is 1. The van der Waals surface area contributed by atoms with Crippen molar-refractivity contribution < 1.29 is 18.7 Å². The lowest BCUT2D eigenvalue weighted by Gasteiger charge is -2.32. The molecular weight excluding hydrogens is 383 g/mol. The second-order valence-corrected chi connectivity index (χ2v) is 7.75. The summed E-state index contributed by atoms with van der Waals surface area (Å²) < 4.78 is 19.2. The van der Waals surface area contributed by atoms with Crippen LogP contribution < -0.4 is 9.64 Å². The van der Waals surface area contributed by atoms with Gasteiger partial charge in [0.1, 0.15) is 17.3 Å². The summed E-state index contributed by atoms with van der Waals surface area (Å²) in [6.45, 7) is 5.89. The molecule has 4 rings (SSSR count). The fourth-order valence-electron chi connectivity index (χ4n) is 4.06.